The Kier molecular flexibility index (Phi) is 8.47. The van der Waals surface area contributed by atoms with E-state index in [1.165, 1.54) is 30.0 Å². The molecule has 1 heterocycles. The molecule has 186 valence electrons. The van der Waals surface area contributed by atoms with Crippen LogP contribution in [0, 0.1) is 5.82 Å². The maximum Gasteiger partial charge on any atom is 0.368 e. The highest BCUT2D eigenvalue weighted by Crippen LogP contribution is 2.60. The van der Waals surface area contributed by atoms with E-state index in [2.05, 4.69) is 6.92 Å². The number of likely N-dealkylation sites (N-methyl/N-ethyl adjacent to an activating group) is 1. The SMILES string of the molecule is CCCC[C@H]1CN(c2ccc(F)cc2)c2cc(SC)c(O/C=C(\F)C(=O)O)cc2S(O)(O)N1C. The molecule has 1 aliphatic heterocycles. The van der Waals surface area contributed by atoms with E-state index < -0.39 is 22.6 Å². The van der Waals surface area contributed by atoms with Gasteiger partial charge in [-0.25, -0.2) is 13.5 Å². The first-order valence-electron chi connectivity index (χ1n) is 10.6. The van der Waals surface area contributed by atoms with Crippen molar-refractivity contribution in [1.82, 2.24) is 4.31 Å². The lowest BCUT2D eigenvalue weighted by Crippen LogP contribution is -2.39. The van der Waals surface area contributed by atoms with Crippen molar-refractivity contribution in [2.45, 2.75) is 42.0 Å². The summed E-state index contributed by atoms with van der Waals surface area (Å²) >= 11 is 1.27. The Balaban J connectivity index is 2.20. The molecule has 11 heteroatoms. The molecule has 2 aromatic carbocycles. The number of anilines is 2. The lowest BCUT2D eigenvalue weighted by molar-refractivity contribution is -0.134. The molecule has 0 saturated carbocycles. The Bertz CT molecular complexity index is 1070. The molecule has 3 rings (SSSR count). The Morgan fingerprint density at radius 2 is 1.97 bits per heavy atom. The molecule has 1 atom stereocenters. The first-order valence-corrected chi connectivity index (χ1v) is 13.3. The van der Waals surface area contributed by atoms with E-state index in [1.54, 1.807) is 35.8 Å². The van der Waals surface area contributed by atoms with Crippen LogP contribution in [0.1, 0.15) is 26.2 Å². The molecule has 34 heavy (non-hydrogen) atoms. The third-order valence-corrected chi connectivity index (χ3v) is 8.44. The van der Waals surface area contributed by atoms with Crippen LogP contribution >= 0.6 is 22.5 Å². The summed E-state index contributed by atoms with van der Waals surface area (Å²) in [5, 5.41) is 8.77. The highest BCUT2D eigenvalue weighted by molar-refractivity contribution is 8.22. The molecule has 0 amide bonds. The number of halogens is 2. The van der Waals surface area contributed by atoms with Crippen LogP contribution in [-0.2, 0) is 4.79 Å². The molecular weight excluding hydrogens is 486 g/mol. The van der Waals surface area contributed by atoms with Gasteiger partial charge in [0.2, 0.25) is 5.83 Å². The number of aliphatic carboxylic acids is 1. The lowest BCUT2D eigenvalue weighted by atomic mass is 10.1. The molecule has 0 saturated heterocycles. The van der Waals surface area contributed by atoms with Crippen LogP contribution in [0.2, 0.25) is 0 Å². The van der Waals surface area contributed by atoms with E-state index >= 15 is 0 Å². The fourth-order valence-electron chi connectivity index (χ4n) is 3.74. The summed E-state index contributed by atoms with van der Waals surface area (Å²) in [7, 11) is -1.85. The number of hydrogen-bond donors (Lipinski definition) is 3. The van der Waals surface area contributed by atoms with Gasteiger partial charge in [-0.15, -0.1) is 22.5 Å². The summed E-state index contributed by atoms with van der Waals surface area (Å²) in [5.74, 6) is -3.56. The smallest absolute Gasteiger partial charge is 0.368 e. The van der Waals surface area contributed by atoms with Gasteiger partial charge in [-0.2, -0.15) is 4.39 Å². The Morgan fingerprint density at radius 1 is 1.29 bits per heavy atom. The van der Waals surface area contributed by atoms with E-state index in [-0.39, 0.29) is 22.5 Å². The Morgan fingerprint density at radius 3 is 2.56 bits per heavy atom. The van der Waals surface area contributed by atoms with Crippen LogP contribution in [-0.4, -0.2) is 50.4 Å². The number of rotatable bonds is 8. The fraction of sp³-hybridized carbons (Fsp3) is 0.348. The van der Waals surface area contributed by atoms with Gasteiger partial charge in [-0.1, -0.05) is 19.8 Å². The largest absolute Gasteiger partial charge is 0.476 e. The second-order valence-electron chi connectivity index (χ2n) is 7.81. The number of ether oxygens (including phenoxy) is 1. The van der Waals surface area contributed by atoms with Crippen molar-refractivity contribution in [3.8, 4) is 5.75 Å². The molecule has 0 spiro atoms. The van der Waals surface area contributed by atoms with Crippen LogP contribution < -0.4 is 9.64 Å². The van der Waals surface area contributed by atoms with E-state index in [4.69, 9.17) is 9.84 Å². The number of carboxylic acid groups (broad SMARTS) is 1. The van der Waals surface area contributed by atoms with E-state index in [0.29, 0.717) is 35.5 Å². The molecule has 2 aromatic rings. The third-order valence-electron chi connectivity index (χ3n) is 5.66. The molecule has 0 fully saturated rings. The zero-order chi connectivity index (χ0) is 25.0. The van der Waals surface area contributed by atoms with Crippen molar-refractivity contribution in [1.29, 1.82) is 0 Å². The van der Waals surface area contributed by atoms with Gasteiger partial charge in [0.15, 0.2) is 0 Å². The topological polar surface area (TPSA) is 93.5 Å². The Hall–Kier alpha value is -2.31. The lowest BCUT2D eigenvalue weighted by Gasteiger charge is -2.43. The molecule has 3 N–H and O–H groups in total. The molecule has 1 aliphatic rings. The summed E-state index contributed by atoms with van der Waals surface area (Å²) in [6, 6.07) is 8.80. The monoisotopic (exact) mass is 514 g/mol. The minimum absolute atomic E-state index is 0.0853. The summed E-state index contributed by atoms with van der Waals surface area (Å²) in [6.45, 7) is 2.48. The Labute approximate surface area is 203 Å². The summed E-state index contributed by atoms with van der Waals surface area (Å²) in [4.78, 5) is 13.4. The van der Waals surface area contributed by atoms with Crippen molar-refractivity contribution in [2.75, 3.05) is 24.7 Å². The maximum atomic E-state index is 13.6. The van der Waals surface area contributed by atoms with Gasteiger partial charge in [0.05, 0.1) is 10.6 Å². The average Bonchev–Trinajstić information content (AvgIpc) is 2.89. The molecule has 0 aromatic heterocycles. The molecule has 7 nitrogen and oxygen atoms in total. The number of fused-ring (bicyclic) bond motifs is 1. The van der Waals surface area contributed by atoms with Gasteiger partial charge >= 0.3 is 5.97 Å². The van der Waals surface area contributed by atoms with Gasteiger partial charge in [0, 0.05) is 31.4 Å². The normalized spacial score (nSPS) is 19.3. The number of thioether (sulfide) groups is 1. The van der Waals surface area contributed by atoms with Crippen molar-refractivity contribution in [3.05, 3.63) is 54.3 Å². The fourth-order valence-corrected chi connectivity index (χ4v) is 5.89. The summed E-state index contributed by atoms with van der Waals surface area (Å²) in [6.07, 6.45) is 4.75. The second-order valence-corrected chi connectivity index (χ2v) is 10.7. The zero-order valence-electron chi connectivity index (χ0n) is 19.1. The molecule has 0 radical (unpaired) electrons. The van der Waals surface area contributed by atoms with Crippen molar-refractivity contribution >= 4 is 39.9 Å². The zero-order valence-corrected chi connectivity index (χ0v) is 20.7. The van der Waals surface area contributed by atoms with Gasteiger partial charge in [0.25, 0.3) is 0 Å². The van der Waals surface area contributed by atoms with Crippen molar-refractivity contribution in [3.63, 3.8) is 0 Å². The maximum absolute atomic E-state index is 13.6. The highest BCUT2D eigenvalue weighted by Gasteiger charge is 2.38. The van der Waals surface area contributed by atoms with Crippen LogP contribution in [0.5, 0.6) is 5.75 Å². The highest BCUT2D eigenvalue weighted by atomic mass is 32.3. The van der Waals surface area contributed by atoms with Gasteiger partial charge in [-0.3, -0.25) is 9.11 Å². The standard InChI is InChI=1S/C23H28F2N2O5S2/c1-4-5-6-17-13-27(16-9-7-15(24)8-10-16)19-11-21(33-3)20(32-14-18(25)23(28)29)12-22(19)34(30,31)26(17)2/h7-12,14,17,30-31H,4-6,13H2,1-3H3,(H,28,29)/b18-14-/t17-/m0/s1. The quantitative estimate of drug-likeness (QED) is 0.209. The number of unbranched alkanes of at least 4 members (excludes halogenated alkanes) is 1. The van der Waals surface area contributed by atoms with Crippen LogP contribution in [0.25, 0.3) is 0 Å². The molecule has 0 bridgehead atoms. The van der Waals surface area contributed by atoms with Gasteiger partial charge in [-0.05, 0) is 43.0 Å². The van der Waals surface area contributed by atoms with Crippen LogP contribution in [0.4, 0.5) is 20.2 Å². The minimum atomic E-state index is -3.49. The van der Waals surface area contributed by atoms with E-state index in [9.17, 15) is 22.7 Å². The van der Waals surface area contributed by atoms with Crippen molar-refractivity contribution in [2.24, 2.45) is 0 Å². The second kappa shape index (κ2) is 11.0. The van der Waals surface area contributed by atoms with E-state index in [0.717, 1.165) is 12.8 Å². The first kappa shape index (κ1) is 26.3. The van der Waals surface area contributed by atoms with Crippen LogP contribution in [0.3, 0.4) is 0 Å². The first-order chi connectivity index (χ1) is 16.1. The summed E-state index contributed by atoms with van der Waals surface area (Å²) in [5.41, 5.74) is 1.17. The minimum Gasteiger partial charge on any atom is -0.476 e. The molecule has 0 aliphatic carbocycles. The number of carboxylic acids is 1. The van der Waals surface area contributed by atoms with Gasteiger partial charge in [0.1, 0.15) is 22.7 Å². The number of benzene rings is 2. The number of nitrogens with zero attached hydrogens (tertiary/aromatic N) is 2. The predicted molar refractivity (Wildman–Crippen MR) is 131 cm³/mol. The van der Waals surface area contributed by atoms with Gasteiger partial charge < -0.3 is 14.7 Å². The third kappa shape index (κ3) is 5.49. The van der Waals surface area contributed by atoms with Crippen molar-refractivity contribution < 1.29 is 32.5 Å². The summed E-state index contributed by atoms with van der Waals surface area (Å²) < 4.78 is 56.7. The predicted octanol–water partition coefficient (Wildman–Crippen LogP) is 6.49. The molecular formula is C23H28F2N2O5S2. The molecule has 0 unspecified atom stereocenters. The van der Waals surface area contributed by atoms with E-state index in [1.807, 2.05) is 4.90 Å². The van der Waals surface area contributed by atoms with Crippen LogP contribution in [0.15, 0.2) is 58.3 Å². The number of carbonyl (C=O) groups is 1. The number of hydrogen-bond acceptors (Lipinski definition) is 7. The average molecular weight is 515 g/mol.